The third kappa shape index (κ3) is 4.50. The van der Waals surface area contributed by atoms with Gasteiger partial charge in [0.25, 0.3) is 0 Å². The first-order valence-corrected chi connectivity index (χ1v) is 9.56. The summed E-state index contributed by atoms with van der Waals surface area (Å²) in [7, 11) is -3.36. The van der Waals surface area contributed by atoms with Crippen molar-refractivity contribution < 1.29 is 23.1 Å². The molecule has 9 heteroatoms. The Morgan fingerprint density at radius 1 is 1.43 bits per heavy atom. The smallest absolute Gasteiger partial charge is 0.318 e. The number of aliphatic carboxylic acids is 1. The van der Waals surface area contributed by atoms with Crippen molar-refractivity contribution in [1.82, 2.24) is 10.2 Å². The highest BCUT2D eigenvalue weighted by atomic mass is 32.2. The minimum atomic E-state index is -3.36. The molecule has 0 radical (unpaired) electrons. The van der Waals surface area contributed by atoms with E-state index in [4.69, 9.17) is 5.11 Å². The van der Waals surface area contributed by atoms with Crippen molar-refractivity contribution in [2.45, 2.75) is 26.1 Å². The summed E-state index contributed by atoms with van der Waals surface area (Å²) in [4.78, 5) is 24.5. The second kappa shape index (κ2) is 6.87. The van der Waals surface area contributed by atoms with E-state index in [0.717, 1.165) is 0 Å². The SMILES string of the molecule is CCS(=O)(=O)C1CSCCN1C(=O)NCC(C)(C)C(=O)O. The lowest BCUT2D eigenvalue weighted by atomic mass is 9.94. The summed E-state index contributed by atoms with van der Waals surface area (Å²) < 4.78 is 24.1. The van der Waals surface area contributed by atoms with Gasteiger partial charge in [0, 0.05) is 30.3 Å². The van der Waals surface area contributed by atoms with Gasteiger partial charge in [0.05, 0.1) is 5.41 Å². The molecule has 1 unspecified atom stereocenters. The monoisotopic (exact) mass is 338 g/mol. The lowest BCUT2D eigenvalue weighted by Gasteiger charge is -2.35. The lowest BCUT2D eigenvalue weighted by molar-refractivity contribution is -0.146. The van der Waals surface area contributed by atoms with E-state index < -0.39 is 32.6 Å². The Hall–Kier alpha value is -0.960. The van der Waals surface area contributed by atoms with E-state index in [0.29, 0.717) is 18.1 Å². The van der Waals surface area contributed by atoms with Gasteiger partial charge in [-0.05, 0) is 13.8 Å². The zero-order valence-corrected chi connectivity index (χ0v) is 14.1. The van der Waals surface area contributed by atoms with Gasteiger partial charge in [0.2, 0.25) is 0 Å². The molecule has 1 rings (SSSR count). The molecular weight excluding hydrogens is 316 g/mol. The first kappa shape index (κ1) is 18.1. The van der Waals surface area contributed by atoms with Gasteiger partial charge in [-0.2, -0.15) is 11.8 Å². The van der Waals surface area contributed by atoms with Crippen LogP contribution < -0.4 is 5.32 Å². The summed E-state index contributed by atoms with van der Waals surface area (Å²) in [6.07, 6.45) is 0. The molecule has 0 aromatic carbocycles. The number of urea groups is 1. The predicted molar refractivity (Wildman–Crippen MR) is 82.1 cm³/mol. The van der Waals surface area contributed by atoms with Crippen LogP contribution in [0.15, 0.2) is 0 Å². The third-order valence-corrected chi connectivity index (χ3v) is 6.71. The molecule has 0 bridgehead atoms. The fourth-order valence-corrected chi connectivity index (χ4v) is 4.74. The highest BCUT2D eigenvalue weighted by molar-refractivity contribution is 8.01. The summed E-state index contributed by atoms with van der Waals surface area (Å²) in [5.41, 5.74) is -1.10. The number of thioether (sulfide) groups is 1. The molecule has 122 valence electrons. The molecule has 21 heavy (non-hydrogen) atoms. The minimum absolute atomic E-state index is 0.0252. The average Bonchev–Trinajstić information content (AvgIpc) is 2.44. The van der Waals surface area contributed by atoms with Crippen molar-refractivity contribution in [2.75, 3.05) is 30.3 Å². The summed E-state index contributed by atoms with van der Waals surface area (Å²) in [5.74, 6) is -0.0187. The number of nitrogens with zero attached hydrogens (tertiary/aromatic N) is 1. The molecular formula is C12H22N2O5S2. The number of nitrogens with one attached hydrogen (secondary N) is 1. The topological polar surface area (TPSA) is 104 Å². The van der Waals surface area contributed by atoms with E-state index in [1.54, 1.807) is 6.92 Å². The zero-order chi connectivity index (χ0) is 16.3. The molecule has 0 saturated carbocycles. The molecule has 1 heterocycles. The van der Waals surface area contributed by atoms with Crippen LogP contribution >= 0.6 is 11.8 Å². The van der Waals surface area contributed by atoms with E-state index in [-0.39, 0.29) is 12.3 Å². The molecule has 0 aromatic heterocycles. The van der Waals surface area contributed by atoms with Crippen LogP contribution in [0.4, 0.5) is 4.79 Å². The van der Waals surface area contributed by atoms with Gasteiger partial charge in [0.1, 0.15) is 5.37 Å². The molecule has 0 spiro atoms. The van der Waals surface area contributed by atoms with E-state index in [1.807, 2.05) is 0 Å². The van der Waals surface area contributed by atoms with Crippen LogP contribution in [0.1, 0.15) is 20.8 Å². The number of carbonyl (C=O) groups excluding carboxylic acids is 1. The number of carboxylic acid groups (broad SMARTS) is 1. The molecule has 7 nitrogen and oxygen atoms in total. The Kier molecular flexibility index (Phi) is 5.92. The van der Waals surface area contributed by atoms with E-state index >= 15 is 0 Å². The van der Waals surface area contributed by atoms with Crippen LogP contribution in [-0.2, 0) is 14.6 Å². The summed E-state index contributed by atoms with van der Waals surface area (Å²) >= 11 is 1.50. The van der Waals surface area contributed by atoms with Gasteiger partial charge in [-0.1, -0.05) is 6.92 Å². The average molecular weight is 338 g/mol. The maximum absolute atomic E-state index is 12.2. The molecule has 2 amide bonds. The Labute approximate surface area is 129 Å². The van der Waals surface area contributed by atoms with E-state index in [2.05, 4.69) is 5.32 Å². The zero-order valence-electron chi connectivity index (χ0n) is 12.5. The van der Waals surface area contributed by atoms with E-state index in [1.165, 1.54) is 30.5 Å². The van der Waals surface area contributed by atoms with Gasteiger partial charge in [-0.15, -0.1) is 0 Å². The van der Waals surface area contributed by atoms with Crippen LogP contribution in [0, 0.1) is 5.41 Å². The Morgan fingerprint density at radius 2 is 2.05 bits per heavy atom. The van der Waals surface area contributed by atoms with Gasteiger partial charge in [-0.3, -0.25) is 4.79 Å². The number of sulfone groups is 1. The largest absolute Gasteiger partial charge is 0.481 e. The summed E-state index contributed by atoms with van der Waals surface area (Å²) in [5, 5.41) is 10.7. The molecule has 2 N–H and O–H groups in total. The van der Waals surface area contributed by atoms with E-state index in [9.17, 15) is 18.0 Å². The van der Waals surface area contributed by atoms with Crippen LogP contribution in [0.5, 0.6) is 0 Å². The standard InChI is InChI=1S/C12H22N2O5S2/c1-4-21(18,19)9-7-20-6-5-14(9)11(17)13-8-12(2,3)10(15)16/h9H,4-8H2,1-3H3,(H,13,17)(H,15,16). The molecule has 0 aromatic rings. The van der Waals surface area contributed by atoms with Gasteiger partial charge in [0.15, 0.2) is 9.84 Å². The highest BCUT2D eigenvalue weighted by Gasteiger charge is 2.36. The first-order chi connectivity index (χ1) is 9.62. The predicted octanol–water partition coefficient (Wildman–Crippen LogP) is 0.616. The number of hydrogen-bond acceptors (Lipinski definition) is 5. The van der Waals surface area contributed by atoms with Crippen molar-refractivity contribution in [3.05, 3.63) is 0 Å². The third-order valence-electron chi connectivity index (χ3n) is 3.42. The first-order valence-electron chi connectivity index (χ1n) is 6.69. The molecule has 1 fully saturated rings. The van der Waals surface area contributed by atoms with Crippen molar-refractivity contribution in [3.63, 3.8) is 0 Å². The number of carboxylic acids is 1. The number of amides is 2. The molecule has 1 aliphatic rings. The second-order valence-electron chi connectivity index (χ2n) is 5.52. The number of rotatable bonds is 5. The maximum atomic E-state index is 12.2. The number of carbonyl (C=O) groups is 2. The van der Waals surface area contributed by atoms with Crippen molar-refractivity contribution in [2.24, 2.45) is 5.41 Å². The fraction of sp³-hybridized carbons (Fsp3) is 0.833. The maximum Gasteiger partial charge on any atom is 0.318 e. The lowest BCUT2D eigenvalue weighted by Crippen LogP contribution is -2.55. The quantitative estimate of drug-likeness (QED) is 0.761. The minimum Gasteiger partial charge on any atom is -0.481 e. The highest BCUT2D eigenvalue weighted by Crippen LogP contribution is 2.22. The van der Waals surface area contributed by atoms with Crippen LogP contribution in [0.25, 0.3) is 0 Å². The Morgan fingerprint density at radius 3 is 2.57 bits per heavy atom. The van der Waals surface area contributed by atoms with Crippen LogP contribution in [-0.4, -0.2) is 66.1 Å². The number of hydrogen-bond donors (Lipinski definition) is 2. The second-order valence-corrected chi connectivity index (χ2v) is 9.12. The van der Waals surface area contributed by atoms with Crippen LogP contribution in [0.2, 0.25) is 0 Å². The Bertz CT molecular complexity index is 504. The van der Waals surface area contributed by atoms with Gasteiger partial charge in [-0.25, -0.2) is 13.2 Å². The van der Waals surface area contributed by atoms with Crippen molar-refractivity contribution >= 4 is 33.6 Å². The molecule has 1 aliphatic heterocycles. The summed E-state index contributed by atoms with van der Waals surface area (Å²) in [6, 6.07) is -0.522. The van der Waals surface area contributed by atoms with Crippen molar-refractivity contribution in [1.29, 1.82) is 0 Å². The Balaban J connectivity index is 2.77. The van der Waals surface area contributed by atoms with Crippen LogP contribution in [0.3, 0.4) is 0 Å². The van der Waals surface area contributed by atoms with Crippen molar-refractivity contribution in [3.8, 4) is 0 Å². The summed E-state index contributed by atoms with van der Waals surface area (Å²) in [6.45, 7) is 4.85. The van der Waals surface area contributed by atoms with Gasteiger partial charge >= 0.3 is 12.0 Å². The molecule has 0 aliphatic carbocycles. The molecule has 1 saturated heterocycles. The van der Waals surface area contributed by atoms with Gasteiger partial charge < -0.3 is 15.3 Å². The fourth-order valence-electron chi connectivity index (χ4n) is 1.78. The molecule has 1 atom stereocenters. The normalized spacial score (nSPS) is 20.1.